The maximum atomic E-state index is 11.9. The Kier molecular flexibility index (Phi) is 8.45. The van der Waals surface area contributed by atoms with Crippen molar-refractivity contribution in [2.75, 3.05) is 11.9 Å². The van der Waals surface area contributed by atoms with Crippen LogP contribution in [0.4, 0.5) is 5.82 Å². The lowest BCUT2D eigenvalue weighted by molar-refractivity contribution is -0.117. The summed E-state index contributed by atoms with van der Waals surface area (Å²) < 4.78 is 5.58. The van der Waals surface area contributed by atoms with Gasteiger partial charge in [0.15, 0.2) is 5.78 Å². The monoisotopic (exact) mass is 341 g/mol. The highest BCUT2D eigenvalue weighted by Gasteiger charge is 2.03. The van der Waals surface area contributed by atoms with Gasteiger partial charge in [-0.25, -0.2) is 9.97 Å². The van der Waals surface area contributed by atoms with Crippen LogP contribution < -0.4 is 10.1 Å². The number of pyridine rings is 2. The van der Waals surface area contributed by atoms with Crippen molar-refractivity contribution in [1.82, 2.24) is 9.97 Å². The Labute approximate surface area is 149 Å². The largest absolute Gasteiger partial charge is 0.437 e. The van der Waals surface area contributed by atoms with Crippen molar-refractivity contribution < 1.29 is 9.53 Å². The van der Waals surface area contributed by atoms with E-state index in [2.05, 4.69) is 22.2 Å². The number of carbonyl (C=O) groups is 1. The Morgan fingerprint density at radius 3 is 2.60 bits per heavy atom. The summed E-state index contributed by atoms with van der Waals surface area (Å²) >= 11 is 0. The van der Waals surface area contributed by atoms with Crippen molar-refractivity contribution in [3.05, 3.63) is 42.7 Å². The number of hydrogen-bond donors (Lipinski definition) is 1. The first-order chi connectivity index (χ1) is 12.3. The molecule has 0 radical (unpaired) electrons. The Hall–Kier alpha value is -2.43. The van der Waals surface area contributed by atoms with Crippen molar-refractivity contribution in [2.45, 2.75) is 51.9 Å². The van der Waals surface area contributed by atoms with E-state index in [0.717, 1.165) is 12.8 Å². The van der Waals surface area contributed by atoms with Gasteiger partial charge < -0.3 is 10.1 Å². The molecule has 25 heavy (non-hydrogen) atoms. The number of ketones is 1. The molecule has 5 heteroatoms. The van der Waals surface area contributed by atoms with Crippen LogP contribution in [0.15, 0.2) is 42.7 Å². The van der Waals surface area contributed by atoms with Gasteiger partial charge in [0.2, 0.25) is 5.88 Å². The number of hydrogen-bond acceptors (Lipinski definition) is 5. The van der Waals surface area contributed by atoms with E-state index < -0.39 is 0 Å². The highest BCUT2D eigenvalue weighted by Crippen LogP contribution is 2.18. The summed E-state index contributed by atoms with van der Waals surface area (Å²) in [5.41, 5.74) is 0. The van der Waals surface area contributed by atoms with Crippen LogP contribution >= 0.6 is 0 Å². The summed E-state index contributed by atoms with van der Waals surface area (Å²) in [5, 5.41) is 3.06. The number of anilines is 1. The van der Waals surface area contributed by atoms with Crippen molar-refractivity contribution in [3.63, 3.8) is 0 Å². The van der Waals surface area contributed by atoms with Gasteiger partial charge in [0.25, 0.3) is 0 Å². The number of carbonyl (C=O) groups excluding carboxylic acids is 1. The van der Waals surface area contributed by atoms with Crippen LogP contribution in [0.25, 0.3) is 0 Å². The topological polar surface area (TPSA) is 64.1 Å². The van der Waals surface area contributed by atoms with Crippen molar-refractivity contribution >= 4 is 11.6 Å². The molecule has 0 saturated carbocycles. The standard InChI is InChI=1S/C20H27N3O2/c1-2-3-4-5-6-7-10-17(24)15-22-19-13-12-18(16-23-19)25-20-11-8-9-14-21-20/h8-9,11-14,16H,2-7,10,15H2,1H3,(H,22,23). The first-order valence-corrected chi connectivity index (χ1v) is 9.08. The summed E-state index contributed by atoms with van der Waals surface area (Å²) in [5.74, 6) is 2.04. The molecule has 0 amide bonds. The number of nitrogens with one attached hydrogen (secondary N) is 1. The van der Waals surface area contributed by atoms with Crippen LogP contribution in [-0.2, 0) is 4.79 Å². The van der Waals surface area contributed by atoms with Gasteiger partial charge in [-0.1, -0.05) is 45.1 Å². The predicted molar refractivity (Wildman–Crippen MR) is 100 cm³/mol. The minimum absolute atomic E-state index is 0.228. The van der Waals surface area contributed by atoms with Gasteiger partial charge in [0, 0.05) is 18.7 Å². The van der Waals surface area contributed by atoms with Gasteiger partial charge >= 0.3 is 0 Å². The molecule has 0 bridgehead atoms. The average Bonchev–Trinajstić information content (AvgIpc) is 2.65. The zero-order valence-electron chi connectivity index (χ0n) is 14.9. The van der Waals surface area contributed by atoms with Crippen LogP contribution in [-0.4, -0.2) is 22.3 Å². The van der Waals surface area contributed by atoms with E-state index in [1.54, 1.807) is 24.5 Å². The fraction of sp³-hybridized carbons (Fsp3) is 0.450. The summed E-state index contributed by atoms with van der Waals surface area (Å²) in [4.78, 5) is 20.2. The van der Waals surface area contributed by atoms with E-state index in [4.69, 9.17) is 4.74 Å². The van der Waals surface area contributed by atoms with Gasteiger partial charge in [-0.05, 0) is 24.6 Å². The van der Waals surface area contributed by atoms with Crippen LogP contribution in [0.3, 0.4) is 0 Å². The molecule has 0 aliphatic rings. The first kappa shape index (κ1) is 18.9. The molecule has 0 fully saturated rings. The van der Waals surface area contributed by atoms with Crippen LogP contribution in [0.2, 0.25) is 0 Å². The second kappa shape index (κ2) is 11.2. The maximum absolute atomic E-state index is 11.9. The summed E-state index contributed by atoms with van der Waals surface area (Å²) in [6.45, 7) is 2.53. The van der Waals surface area contributed by atoms with Crippen molar-refractivity contribution in [1.29, 1.82) is 0 Å². The van der Waals surface area contributed by atoms with Crippen molar-refractivity contribution in [3.8, 4) is 11.6 Å². The Bertz CT molecular complexity index is 615. The molecule has 0 spiro atoms. The number of Topliss-reactive ketones (excluding diaryl/α,β-unsaturated/α-hetero) is 1. The van der Waals surface area contributed by atoms with E-state index in [-0.39, 0.29) is 5.78 Å². The molecule has 0 aliphatic heterocycles. The maximum Gasteiger partial charge on any atom is 0.219 e. The molecule has 0 saturated heterocycles. The SMILES string of the molecule is CCCCCCCCC(=O)CNc1ccc(Oc2ccccn2)cn1. The molecule has 5 nitrogen and oxygen atoms in total. The highest BCUT2D eigenvalue weighted by atomic mass is 16.5. The second-order valence-corrected chi connectivity index (χ2v) is 6.06. The third kappa shape index (κ3) is 7.79. The fourth-order valence-corrected chi connectivity index (χ4v) is 2.45. The molecule has 134 valence electrons. The molecular formula is C20H27N3O2. The molecule has 2 rings (SSSR count). The molecule has 0 atom stereocenters. The fourth-order valence-electron chi connectivity index (χ4n) is 2.45. The number of unbranched alkanes of at least 4 members (excludes halogenated alkanes) is 5. The molecule has 1 N–H and O–H groups in total. The minimum Gasteiger partial charge on any atom is -0.437 e. The van der Waals surface area contributed by atoms with Gasteiger partial charge in [-0.15, -0.1) is 0 Å². The zero-order valence-corrected chi connectivity index (χ0v) is 14.9. The number of nitrogens with zero attached hydrogens (tertiary/aromatic N) is 2. The lowest BCUT2D eigenvalue weighted by atomic mass is 10.1. The van der Waals surface area contributed by atoms with E-state index in [0.29, 0.717) is 30.4 Å². The molecule has 0 aromatic carbocycles. The van der Waals surface area contributed by atoms with E-state index in [1.807, 2.05) is 18.2 Å². The Morgan fingerprint density at radius 1 is 1.04 bits per heavy atom. The summed E-state index contributed by atoms with van der Waals surface area (Å²) in [7, 11) is 0. The van der Waals surface area contributed by atoms with Crippen LogP contribution in [0.1, 0.15) is 51.9 Å². The quantitative estimate of drug-likeness (QED) is 0.550. The van der Waals surface area contributed by atoms with Crippen LogP contribution in [0, 0.1) is 0 Å². The van der Waals surface area contributed by atoms with Gasteiger partial charge in [0.05, 0.1) is 12.7 Å². The highest BCUT2D eigenvalue weighted by molar-refractivity contribution is 5.82. The molecule has 0 aliphatic carbocycles. The lowest BCUT2D eigenvalue weighted by Crippen LogP contribution is -2.14. The molecule has 2 aromatic heterocycles. The molecule has 2 heterocycles. The van der Waals surface area contributed by atoms with E-state index in [1.165, 1.54) is 25.7 Å². The summed E-state index contributed by atoms with van der Waals surface area (Å²) in [6.07, 6.45) is 11.1. The Balaban J connectivity index is 1.64. The minimum atomic E-state index is 0.228. The number of rotatable bonds is 12. The normalized spacial score (nSPS) is 10.4. The smallest absolute Gasteiger partial charge is 0.219 e. The van der Waals surface area contributed by atoms with Gasteiger partial charge in [-0.3, -0.25) is 4.79 Å². The van der Waals surface area contributed by atoms with Gasteiger partial charge in [-0.2, -0.15) is 0 Å². The van der Waals surface area contributed by atoms with E-state index in [9.17, 15) is 4.79 Å². The molecule has 0 unspecified atom stereocenters. The third-order valence-electron chi connectivity index (χ3n) is 3.87. The first-order valence-electron chi connectivity index (χ1n) is 9.08. The zero-order chi connectivity index (χ0) is 17.7. The van der Waals surface area contributed by atoms with E-state index >= 15 is 0 Å². The number of aromatic nitrogens is 2. The number of ether oxygens (including phenoxy) is 1. The second-order valence-electron chi connectivity index (χ2n) is 6.06. The van der Waals surface area contributed by atoms with Crippen LogP contribution in [0.5, 0.6) is 11.6 Å². The average molecular weight is 341 g/mol. The Morgan fingerprint density at radius 2 is 1.88 bits per heavy atom. The summed E-state index contributed by atoms with van der Waals surface area (Å²) in [6, 6.07) is 9.09. The third-order valence-corrected chi connectivity index (χ3v) is 3.87. The molecule has 2 aromatic rings. The van der Waals surface area contributed by atoms with Gasteiger partial charge in [0.1, 0.15) is 11.6 Å². The lowest BCUT2D eigenvalue weighted by Gasteiger charge is -2.07. The predicted octanol–water partition coefficient (Wildman–Crippen LogP) is 5.00. The molecular weight excluding hydrogens is 314 g/mol. The van der Waals surface area contributed by atoms with Crippen molar-refractivity contribution in [2.24, 2.45) is 0 Å².